The molecule has 8 nitrogen and oxygen atoms in total. The molecular weight excluding hydrogens is 416 g/mol. The molecule has 2 aromatic rings. The second kappa shape index (κ2) is 11.0. The fraction of sp³-hybridized carbons (Fsp3) is 0.640. The van der Waals surface area contributed by atoms with Gasteiger partial charge in [-0.3, -0.25) is 9.59 Å². The van der Waals surface area contributed by atoms with Gasteiger partial charge >= 0.3 is 0 Å². The molecule has 1 saturated carbocycles. The van der Waals surface area contributed by atoms with E-state index in [0.29, 0.717) is 25.3 Å². The topological polar surface area (TPSA) is 93.0 Å². The SMILES string of the molecule is CN[C@@H](C)C(=O)C[C@H](C(=O)N1CCC[C@H]1c1nnn(Cc2ccccc2)n1)C1CCCCC1. The van der Waals surface area contributed by atoms with Gasteiger partial charge in [-0.15, -0.1) is 10.2 Å². The number of likely N-dealkylation sites (N-methyl/N-ethyl adjacent to an activating group) is 1. The maximum atomic E-state index is 13.8. The second-order valence-electron chi connectivity index (χ2n) is 9.54. The van der Waals surface area contributed by atoms with Gasteiger partial charge in [-0.25, -0.2) is 0 Å². The van der Waals surface area contributed by atoms with Gasteiger partial charge in [0, 0.05) is 18.9 Å². The predicted octanol–water partition coefficient (Wildman–Crippen LogP) is 3.15. The van der Waals surface area contributed by atoms with E-state index < -0.39 is 0 Å². The average molecular weight is 453 g/mol. The first kappa shape index (κ1) is 23.5. The number of carbonyl (C=O) groups excluding carboxylic acids is 2. The smallest absolute Gasteiger partial charge is 0.227 e. The molecule has 8 heteroatoms. The fourth-order valence-corrected chi connectivity index (χ4v) is 5.26. The zero-order valence-electron chi connectivity index (χ0n) is 19.8. The number of aromatic nitrogens is 4. The molecule has 1 N–H and O–H groups in total. The Hall–Kier alpha value is -2.61. The third kappa shape index (κ3) is 5.66. The lowest BCUT2D eigenvalue weighted by Gasteiger charge is -2.34. The summed E-state index contributed by atoms with van der Waals surface area (Å²) in [6.45, 7) is 3.11. The van der Waals surface area contributed by atoms with Crippen molar-refractivity contribution in [3.05, 3.63) is 41.7 Å². The highest BCUT2D eigenvalue weighted by Gasteiger charge is 2.40. The molecule has 2 fully saturated rings. The molecule has 33 heavy (non-hydrogen) atoms. The Labute approximate surface area is 196 Å². The zero-order chi connectivity index (χ0) is 23.2. The summed E-state index contributed by atoms with van der Waals surface area (Å²) in [5, 5.41) is 16.2. The summed E-state index contributed by atoms with van der Waals surface area (Å²) in [5.74, 6) is 0.842. The molecule has 178 valence electrons. The van der Waals surface area contributed by atoms with Crippen molar-refractivity contribution in [1.82, 2.24) is 30.4 Å². The minimum atomic E-state index is -0.256. The van der Waals surface area contributed by atoms with Gasteiger partial charge in [0.05, 0.1) is 18.6 Å². The largest absolute Gasteiger partial charge is 0.332 e. The van der Waals surface area contributed by atoms with Gasteiger partial charge in [0.1, 0.15) is 5.78 Å². The van der Waals surface area contributed by atoms with Gasteiger partial charge in [-0.05, 0) is 56.3 Å². The van der Waals surface area contributed by atoms with Gasteiger partial charge in [-0.2, -0.15) is 4.80 Å². The molecule has 1 saturated heterocycles. The van der Waals surface area contributed by atoms with Crippen LogP contribution in [0.4, 0.5) is 0 Å². The molecule has 1 aromatic carbocycles. The van der Waals surface area contributed by atoms with Crippen molar-refractivity contribution >= 4 is 11.7 Å². The average Bonchev–Trinajstić information content (AvgIpc) is 3.52. The van der Waals surface area contributed by atoms with Crippen molar-refractivity contribution in [3.8, 4) is 0 Å². The zero-order valence-corrected chi connectivity index (χ0v) is 19.8. The first-order valence-electron chi connectivity index (χ1n) is 12.4. The number of nitrogens with one attached hydrogen (secondary N) is 1. The standard InChI is InChI=1S/C25H36N6O2/c1-18(26-2)23(32)16-21(20-12-7-4-8-13-20)25(33)30-15-9-14-22(30)24-27-29-31(28-24)17-19-10-5-3-6-11-19/h3,5-6,10-11,18,20-22,26H,4,7-9,12-17H2,1-2H3/t18-,21-,22-/m0/s1. The van der Waals surface area contributed by atoms with E-state index in [-0.39, 0.29) is 35.6 Å². The van der Waals surface area contributed by atoms with E-state index in [1.807, 2.05) is 42.2 Å². The number of hydrogen-bond donors (Lipinski definition) is 1. The van der Waals surface area contributed by atoms with E-state index >= 15 is 0 Å². The van der Waals surface area contributed by atoms with Crippen molar-refractivity contribution in [1.29, 1.82) is 0 Å². The molecule has 0 spiro atoms. The molecule has 3 atom stereocenters. The molecule has 4 rings (SSSR count). The lowest BCUT2D eigenvalue weighted by Crippen LogP contribution is -2.42. The molecule has 0 unspecified atom stereocenters. The maximum absolute atomic E-state index is 13.8. The van der Waals surface area contributed by atoms with Crippen LogP contribution in [-0.4, -0.2) is 56.4 Å². The summed E-state index contributed by atoms with van der Waals surface area (Å²) in [7, 11) is 1.79. The van der Waals surface area contributed by atoms with Crippen LogP contribution in [0, 0.1) is 11.8 Å². The van der Waals surface area contributed by atoms with E-state index in [2.05, 4.69) is 20.7 Å². The molecule has 1 aliphatic carbocycles. The summed E-state index contributed by atoms with van der Waals surface area (Å²) in [6.07, 6.45) is 7.63. The summed E-state index contributed by atoms with van der Waals surface area (Å²) < 4.78 is 0. The molecule has 2 aliphatic rings. The quantitative estimate of drug-likeness (QED) is 0.628. The number of carbonyl (C=O) groups is 2. The third-order valence-electron chi connectivity index (χ3n) is 7.34. The van der Waals surface area contributed by atoms with Crippen LogP contribution >= 0.6 is 0 Å². The van der Waals surface area contributed by atoms with Gasteiger partial charge in [0.25, 0.3) is 0 Å². The number of rotatable bonds is 9. The van der Waals surface area contributed by atoms with Gasteiger partial charge in [0.2, 0.25) is 5.91 Å². The van der Waals surface area contributed by atoms with E-state index in [1.54, 1.807) is 11.8 Å². The summed E-state index contributed by atoms with van der Waals surface area (Å²) >= 11 is 0. The van der Waals surface area contributed by atoms with Crippen molar-refractivity contribution in [2.75, 3.05) is 13.6 Å². The van der Waals surface area contributed by atoms with Crippen molar-refractivity contribution < 1.29 is 9.59 Å². The van der Waals surface area contributed by atoms with Crippen molar-refractivity contribution in [2.45, 2.75) is 76.9 Å². The van der Waals surface area contributed by atoms with Crippen molar-refractivity contribution in [3.63, 3.8) is 0 Å². The van der Waals surface area contributed by atoms with Crippen LogP contribution in [0.1, 0.15) is 75.7 Å². The van der Waals surface area contributed by atoms with Gasteiger partial charge in [0.15, 0.2) is 5.82 Å². The third-order valence-corrected chi connectivity index (χ3v) is 7.34. The highest BCUT2D eigenvalue weighted by molar-refractivity contribution is 5.90. The molecule has 2 heterocycles. The first-order chi connectivity index (χ1) is 16.1. The summed E-state index contributed by atoms with van der Waals surface area (Å²) in [5.41, 5.74) is 1.11. The fourth-order valence-electron chi connectivity index (χ4n) is 5.26. The Kier molecular flexibility index (Phi) is 7.85. The van der Waals surface area contributed by atoms with Crippen LogP contribution in [0.3, 0.4) is 0 Å². The van der Waals surface area contributed by atoms with Crippen LogP contribution < -0.4 is 5.32 Å². The van der Waals surface area contributed by atoms with Crippen LogP contribution in [0.25, 0.3) is 0 Å². The second-order valence-corrected chi connectivity index (χ2v) is 9.54. The Balaban J connectivity index is 1.50. The number of ketones is 1. The van der Waals surface area contributed by atoms with Crippen LogP contribution in [0.5, 0.6) is 0 Å². The molecule has 0 bridgehead atoms. The number of amides is 1. The van der Waals surface area contributed by atoms with Crippen LogP contribution in [0.15, 0.2) is 30.3 Å². The molecular formula is C25H36N6O2. The van der Waals surface area contributed by atoms with E-state index in [0.717, 1.165) is 44.1 Å². The van der Waals surface area contributed by atoms with Crippen LogP contribution in [0.2, 0.25) is 0 Å². The highest BCUT2D eigenvalue weighted by Crippen LogP contribution is 2.37. The van der Waals surface area contributed by atoms with E-state index in [9.17, 15) is 9.59 Å². The van der Waals surface area contributed by atoms with Crippen molar-refractivity contribution in [2.24, 2.45) is 11.8 Å². The first-order valence-corrected chi connectivity index (χ1v) is 12.4. The lowest BCUT2D eigenvalue weighted by molar-refractivity contribution is -0.141. The van der Waals surface area contributed by atoms with Gasteiger partial charge < -0.3 is 10.2 Å². The Morgan fingerprint density at radius 3 is 2.58 bits per heavy atom. The van der Waals surface area contributed by atoms with Gasteiger partial charge in [-0.1, -0.05) is 49.6 Å². The number of hydrogen-bond acceptors (Lipinski definition) is 6. The van der Waals surface area contributed by atoms with E-state index in [4.69, 9.17) is 0 Å². The number of Topliss-reactive ketones (excluding diaryl/α,β-unsaturated/α-hetero) is 1. The number of benzene rings is 1. The van der Waals surface area contributed by atoms with E-state index in [1.165, 1.54) is 6.42 Å². The summed E-state index contributed by atoms with van der Waals surface area (Å²) in [4.78, 5) is 30.2. The normalized spacial score (nSPS) is 21.2. The Morgan fingerprint density at radius 1 is 1.09 bits per heavy atom. The number of nitrogens with zero attached hydrogens (tertiary/aromatic N) is 5. The summed E-state index contributed by atoms with van der Waals surface area (Å²) in [6, 6.07) is 9.64. The van der Waals surface area contributed by atoms with Crippen LogP contribution in [-0.2, 0) is 16.1 Å². The highest BCUT2D eigenvalue weighted by atomic mass is 16.2. The molecule has 1 aromatic heterocycles. The predicted molar refractivity (Wildman–Crippen MR) is 125 cm³/mol. The maximum Gasteiger partial charge on any atom is 0.227 e. The molecule has 0 radical (unpaired) electrons. The number of tetrazole rings is 1. The Morgan fingerprint density at radius 2 is 1.85 bits per heavy atom. The monoisotopic (exact) mass is 452 g/mol. The lowest BCUT2D eigenvalue weighted by atomic mass is 9.76. The minimum absolute atomic E-state index is 0.0977. The minimum Gasteiger partial charge on any atom is -0.332 e. The molecule has 1 aliphatic heterocycles. The Bertz CT molecular complexity index is 924. The number of likely N-dealkylation sites (tertiary alicyclic amines) is 1. The molecule has 1 amide bonds.